The first kappa shape index (κ1) is 13.6. The second-order valence-electron chi connectivity index (χ2n) is 5.26. The van der Waals surface area contributed by atoms with Gasteiger partial charge < -0.3 is 5.73 Å². The Hall–Kier alpha value is -1.33. The van der Waals surface area contributed by atoms with E-state index < -0.39 is 0 Å². The van der Waals surface area contributed by atoms with Crippen LogP contribution in [-0.4, -0.2) is 39.5 Å². The summed E-state index contributed by atoms with van der Waals surface area (Å²) >= 11 is 1.91. The molecular weight excluding hydrogens is 268 g/mol. The number of thioether (sulfide) groups is 1. The second-order valence-corrected chi connectivity index (χ2v) is 6.17. The van der Waals surface area contributed by atoms with Gasteiger partial charge in [0.05, 0.1) is 12.1 Å². The number of hydrogen-bond acceptors (Lipinski definition) is 5. The Morgan fingerprint density at radius 3 is 3.05 bits per heavy atom. The molecule has 0 saturated carbocycles. The van der Waals surface area contributed by atoms with Crippen LogP contribution in [0, 0.1) is 0 Å². The van der Waals surface area contributed by atoms with Crippen LogP contribution in [0.5, 0.6) is 0 Å². The summed E-state index contributed by atoms with van der Waals surface area (Å²) in [7, 11) is 0. The summed E-state index contributed by atoms with van der Waals surface area (Å²) in [6.45, 7) is 1.95. The molecule has 0 bridgehead atoms. The van der Waals surface area contributed by atoms with Gasteiger partial charge in [-0.2, -0.15) is 11.8 Å². The number of benzene rings is 1. The van der Waals surface area contributed by atoms with Crippen molar-refractivity contribution in [1.82, 2.24) is 14.9 Å². The molecule has 5 heteroatoms. The van der Waals surface area contributed by atoms with Crippen LogP contribution >= 0.6 is 11.8 Å². The predicted octanol–water partition coefficient (Wildman–Crippen LogP) is 2.54. The maximum absolute atomic E-state index is 6.05. The van der Waals surface area contributed by atoms with Gasteiger partial charge in [0.15, 0.2) is 0 Å². The third-order valence-corrected chi connectivity index (χ3v) is 4.60. The van der Waals surface area contributed by atoms with Crippen LogP contribution in [0.4, 0.5) is 5.82 Å². The molecule has 20 heavy (non-hydrogen) atoms. The molecule has 1 aliphatic heterocycles. The molecule has 2 N–H and O–H groups in total. The molecular formula is C15H20N4S. The van der Waals surface area contributed by atoms with Gasteiger partial charge in [0.25, 0.3) is 0 Å². The largest absolute Gasteiger partial charge is 0.383 e. The van der Waals surface area contributed by atoms with Gasteiger partial charge >= 0.3 is 0 Å². The Morgan fingerprint density at radius 1 is 1.35 bits per heavy atom. The lowest BCUT2D eigenvalue weighted by Crippen LogP contribution is -2.31. The monoisotopic (exact) mass is 288 g/mol. The van der Waals surface area contributed by atoms with Gasteiger partial charge in [-0.3, -0.25) is 4.90 Å². The number of aromatic nitrogens is 2. The molecule has 106 valence electrons. The van der Waals surface area contributed by atoms with E-state index in [1.807, 2.05) is 36.0 Å². The minimum Gasteiger partial charge on any atom is -0.383 e. The van der Waals surface area contributed by atoms with Crippen molar-refractivity contribution in [1.29, 1.82) is 0 Å². The summed E-state index contributed by atoms with van der Waals surface area (Å²) in [4.78, 5) is 11.6. The lowest BCUT2D eigenvalue weighted by Gasteiger charge is -2.23. The van der Waals surface area contributed by atoms with E-state index >= 15 is 0 Å². The molecule has 4 nitrogen and oxygen atoms in total. The fourth-order valence-electron chi connectivity index (χ4n) is 2.89. The molecule has 0 spiro atoms. The van der Waals surface area contributed by atoms with Crippen LogP contribution in [-0.2, 0) is 6.54 Å². The summed E-state index contributed by atoms with van der Waals surface area (Å²) in [5, 5.41) is 0.943. The van der Waals surface area contributed by atoms with Crippen molar-refractivity contribution in [3.63, 3.8) is 0 Å². The quantitative estimate of drug-likeness (QED) is 0.937. The third kappa shape index (κ3) is 2.74. The van der Waals surface area contributed by atoms with E-state index in [0.717, 1.165) is 29.8 Å². The molecule has 0 amide bonds. The number of likely N-dealkylation sites (tertiary alicyclic amines) is 1. The predicted molar refractivity (Wildman–Crippen MR) is 85.8 cm³/mol. The highest BCUT2D eigenvalue weighted by atomic mass is 32.2. The number of hydrogen-bond donors (Lipinski definition) is 1. The number of nitrogens with zero attached hydrogens (tertiary/aromatic N) is 3. The average molecular weight is 288 g/mol. The first-order valence-electron chi connectivity index (χ1n) is 7.02. The Bertz CT molecular complexity index is 601. The van der Waals surface area contributed by atoms with E-state index in [0.29, 0.717) is 11.9 Å². The van der Waals surface area contributed by atoms with Crippen molar-refractivity contribution in [3.8, 4) is 0 Å². The summed E-state index contributed by atoms with van der Waals surface area (Å²) in [5.41, 5.74) is 6.99. The zero-order chi connectivity index (χ0) is 13.9. The number of anilines is 1. The number of nitrogens with two attached hydrogens (primary N) is 1. The highest BCUT2D eigenvalue weighted by molar-refractivity contribution is 7.98. The molecule has 1 aromatic heterocycles. The number of para-hydroxylation sites is 1. The molecule has 1 aliphatic rings. The van der Waals surface area contributed by atoms with Gasteiger partial charge in [-0.15, -0.1) is 0 Å². The lowest BCUT2D eigenvalue weighted by molar-refractivity contribution is 0.258. The van der Waals surface area contributed by atoms with Crippen molar-refractivity contribution in [2.45, 2.75) is 25.4 Å². The molecule has 1 aromatic carbocycles. The zero-order valence-corrected chi connectivity index (χ0v) is 12.6. The lowest BCUT2D eigenvalue weighted by atomic mass is 10.2. The Kier molecular flexibility index (Phi) is 4.08. The minimum absolute atomic E-state index is 0.589. The van der Waals surface area contributed by atoms with E-state index in [2.05, 4.69) is 21.1 Å². The van der Waals surface area contributed by atoms with Crippen molar-refractivity contribution in [2.24, 2.45) is 0 Å². The Balaban J connectivity index is 1.84. The fraction of sp³-hybridized carbons (Fsp3) is 0.467. The zero-order valence-electron chi connectivity index (χ0n) is 11.7. The summed E-state index contributed by atoms with van der Waals surface area (Å²) in [6, 6.07) is 8.59. The highest BCUT2D eigenvalue weighted by Gasteiger charge is 2.24. The van der Waals surface area contributed by atoms with Crippen molar-refractivity contribution in [2.75, 3.05) is 24.3 Å². The van der Waals surface area contributed by atoms with Gasteiger partial charge in [0.1, 0.15) is 11.6 Å². The average Bonchev–Trinajstić information content (AvgIpc) is 2.87. The van der Waals surface area contributed by atoms with Crippen molar-refractivity contribution in [3.05, 3.63) is 30.1 Å². The molecule has 0 radical (unpaired) electrons. The van der Waals surface area contributed by atoms with E-state index in [4.69, 9.17) is 5.73 Å². The van der Waals surface area contributed by atoms with Crippen LogP contribution in [0.25, 0.3) is 10.9 Å². The van der Waals surface area contributed by atoms with Crippen LogP contribution in [0.3, 0.4) is 0 Å². The van der Waals surface area contributed by atoms with E-state index in [1.54, 1.807) is 0 Å². The number of nitrogen functional groups attached to an aromatic ring is 1. The van der Waals surface area contributed by atoms with Crippen LogP contribution < -0.4 is 5.73 Å². The van der Waals surface area contributed by atoms with Gasteiger partial charge in [0, 0.05) is 17.2 Å². The summed E-state index contributed by atoms with van der Waals surface area (Å²) < 4.78 is 0. The van der Waals surface area contributed by atoms with Gasteiger partial charge in [0.2, 0.25) is 0 Å². The van der Waals surface area contributed by atoms with E-state index in [1.165, 1.54) is 18.6 Å². The standard InChI is InChI=1S/C15H20N4S/c1-20-10-11-5-4-8-19(11)9-14-17-13-7-3-2-6-12(13)15(16)18-14/h2-3,6-7,11H,4-5,8-10H2,1H3,(H2,16,17,18). The fourth-order valence-corrected chi connectivity index (χ4v) is 3.65. The van der Waals surface area contributed by atoms with Crippen LogP contribution in [0.15, 0.2) is 24.3 Å². The molecule has 1 unspecified atom stereocenters. The minimum atomic E-state index is 0.589. The maximum Gasteiger partial charge on any atom is 0.145 e. The third-order valence-electron chi connectivity index (χ3n) is 3.88. The van der Waals surface area contributed by atoms with Crippen LogP contribution in [0.1, 0.15) is 18.7 Å². The van der Waals surface area contributed by atoms with Gasteiger partial charge in [-0.1, -0.05) is 12.1 Å². The van der Waals surface area contributed by atoms with Crippen molar-refractivity contribution >= 4 is 28.5 Å². The van der Waals surface area contributed by atoms with E-state index in [9.17, 15) is 0 Å². The second kappa shape index (κ2) is 5.97. The van der Waals surface area contributed by atoms with Crippen LogP contribution in [0.2, 0.25) is 0 Å². The number of fused-ring (bicyclic) bond motifs is 1. The van der Waals surface area contributed by atoms with Gasteiger partial charge in [-0.05, 0) is 37.8 Å². The molecule has 2 aromatic rings. The molecule has 1 atom stereocenters. The normalized spacial score (nSPS) is 19.8. The highest BCUT2D eigenvalue weighted by Crippen LogP contribution is 2.23. The molecule has 0 aliphatic carbocycles. The van der Waals surface area contributed by atoms with Crippen molar-refractivity contribution < 1.29 is 0 Å². The Labute approximate surface area is 123 Å². The smallest absolute Gasteiger partial charge is 0.145 e. The molecule has 3 rings (SSSR count). The number of rotatable bonds is 4. The first-order chi connectivity index (χ1) is 9.78. The molecule has 1 saturated heterocycles. The molecule has 2 heterocycles. The van der Waals surface area contributed by atoms with Gasteiger partial charge in [-0.25, -0.2) is 9.97 Å². The summed E-state index contributed by atoms with van der Waals surface area (Å²) in [5.74, 6) is 2.61. The topological polar surface area (TPSA) is 55.0 Å². The summed E-state index contributed by atoms with van der Waals surface area (Å²) in [6.07, 6.45) is 4.72. The SMILES string of the molecule is CSCC1CCCN1Cc1nc(N)c2ccccc2n1. The molecule has 1 fully saturated rings. The van der Waals surface area contributed by atoms with E-state index in [-0.39, 0.29) is 0 Å². The first-order valence-corrected chi connectivity index (χ1v) is 8.41. The maximum atomic E-state index is 6.05. The Morgan fingerprint density at radius 2 is 2.20 bits per heavy atom.